The number of allylic oxidation sites excluding steroid dienone is 8. The number of halogens is 1. The molecule has 1 unspecified atom stereocenters. The molecule has 33 heavy (non-hydrogen) atoms. The lowest BCUT2D eigenvalue weighted by molar-refractivity contribution is -0.118. The van der Waals surface area contributed by atoms with E-state index in [0.29, 0.717) is 6.42 Å². The SMILES string of the molecule is C=CC1=C(/C=C(\C)F)C(CC(=O)CC)=C(C)/C1=C\c1ccc(S(C)=O)cc1.CC.CCCC. The molecule has 1 aromatic carbocycles. The lowest BCUT2D eigenvalue weighted by Gasteiger charge is -2.06. The van der Waals surface area contributed by atoms with Crippen molar-refractivity contribution in [2.75, 3.05) is 6.26 Å². The van der Waals surface area contributed by atoms with Crippen molar-refractivity contribution < 1.29 is 13.4 Å². The molecule has 0 radical (unpaired) electrons. The summed E-state index contributed by atoms with van der Waals surface area (Å²) in [6, 6.07) is 7.48. The first-order valence-electron chi connectivity index (χ1n) is 11.8. The number of ketones is 1. The molecule has 0 spiro atoms. The van der Waals surface area contributed by atoms with Crippen LogP contribution in [0.5, 0.6) is 0 Å². The van der Waals surface area contributed by atoms with E-state index in [1.54, 1.807) is 12.3 Å². The largest absolute Gasteiger partial charge is 0.299 e. The van der Waals surface area contributed by atoms with Gasteiger partial charge in [0.05, 0.1) is 5.83 Å². The van der Waals surface area contributed by atoms with E-state index in [1.807, 2.05) is 58.0 Å². The summed E-state index contributed by atoms with van der Waals surface area (Å²) in [4.78, 5) is 12.8. The Kier molecular flexibility index (Phi) is 15.2. The summed E-state index contributed by atoms with van der Waals surface area (Å²) >= 11 is 0. The molecule has 0 amide bonds. The third-order valence-electron chi connectivity index (χ3n) is 5.10. The predicted molar refractivity (Wildman–Crippen MR) is 143 cm³/mol. The fraction of sp³-hybridized carbons (Fsp3) is 0.414. The van der Waals surface area contributed by atoms with Gasteiger partial charge in [0.1, 0.15) is 5.78 Å². The van der Waals surface area contributed by atoms with Crippen molar-refractivity contribution in [3.63, 3.8) is 0 Å². The number of rotatable bonds is 8. The van der Waals surface area contributed by atoms with E-state index >= 15 is 0 Å². The van der Waals surface area contributed by atoms with Gasteiger partial charge in [-0.2, -0.15) is 0 Å². The lowest BCUT2D eigenvalue weighted by Crippen LogP contribution is -1.99. The van der Waals surface area contributed by atoms with Gasteiger partial charge in [-0.15, -0.1) is 0 Å². The maximum absolute atomic E-state index is 13.7. The second-order valence-electron chi connectivity index (χ2n) is 7.52. The average Bonchev–Trinajstić information content (AvgIpc) is 3.04. The number of Topliss-reactive ketones (excluding diaryl/α,β-unsaturated/α-hetero) is 1. The molecule has 0 aromatic heterocycles. The molecular formula is C29H41FO2S. The Morgan fingerprint density at radius 1 is 1.06 bits per heavy atom. The highest BCUT2D eigenvalue weighted by molar-refractivity contribution is 7.84. The lowest BCUT2D eigenvalue weighted by atomic mass is 9.98. The van der Waals surface area contributed by atoms with Gasteiger partial charge < -0.3 is 0 Å². The van der Waals surface area contributed by atoms with Crippen LogP contribution in [0.1, 0.15) is 79.7 Å². The maximum atomic E-state index is 13.7. The van der Waals surface area contributed by atoms with Crippen LogP contribution in [0.4, 0.5) is 4.39 Å². The van der Waals surface area contributed by atoms with Gasteiger partial charge in [0, 0.05) is 34.8 Å². The molecule has 0 saturated carbocycles. The maximum Gasteiger partial charge on any atom is 0.137 e. The van der Waals surface area contributed by atoms with Gasteiger partial charge in [-0.1, -0.05) is 72.2 Å². The monoisotopic (exact) mass is 472 g/mol. The van der Waals surface area contributed by atoms with E-state index in [-0.39, 0.29) is 18.0 Å². The van der Waals surface area contributed by atoms with E-state index in [1.165, 1.54) is 25.8 Å². The van der Waals surface area contributed by atoms with Crippen molar-refractivity contribution in [1.29, 1.82) is 0 Å². The summed E-state index contributed by atoms with van der Waals surface area (Å²) < 4.78 is 25.3. The van der Waals surface area contributed by atoms with E-state index in [0.717, 1.165) is 38.3 Å². The minimum absolute atomic E-state index is 0.117. The third-order valence-corrected chi connectivity index (χ3v) is 6.04. The fourth-order valence-corrected chi connectivity index (χ4v) is 3.64. The molecular weight excluding hydrogens is 431 g/mol. The summed E-state index contributed by atoms with van der Waals surface area (Å²) in [5, 5.41) is 0. The molecule has 0 N–H and O–H groups in total. The van der Waals surface area contributed by atoms with E-state index < -0.39 is 10.8 Å². The highest BCUT2D eigenvalue weighted by Gasteiger charge is 2.25. The molecule has 2 rings (SSSR count). The molecule has 1 atom stereocenters. The summed E-state index contributed by atoms with van der Waals surface area (Å²) in [6.07, 6.45) is 10.2. The van der Waals surface area contributed by atoms with Gasteiger partial charge >= 0.3 is 0 Å². The van der Waals surface area contributed by atoms with Crippen LogP contribution in [0, 0.1) is 0 Å². The van der Waals surface area contributed by atoms with Gasteiger partial charge in [-0.05, 0) is 71.6 Å². The zero-order valence-corrected chi connectivity index (χ0v) is 22.5. The topological polar surface area (TPSA) is 34.1 Å². The van der Waals surface area contributed by atoms with Crippen LogP contribution in [0.2, 0.25) is 0 Å². The van der Waals surface area contributed by atoms with Crippen molar-refractivity contribution >= 4 is 22.7 Å². The number of hydrogen-bond donors (Lipinski definition) is 0. The molecule has 4 heteroatoms. The van der Waals surface area contributed by atoms with Gasteiger partial charge in [0.25, 0.3) is 0 Å². The zero-order valence-electron chi connectivity index (χ0n) is 21.7. The molecule has 2 nitrogen and oxygen atoms in total. The first-order valence-corrected chi connectivity index (χ1v) is 13.3. The number of unbranched alkanes of at least 4 members (excludes halogenated alkanes) is 1. The fourth-order valence-electron chi connectivity index (χ4n) is 3.12. The van der Waals surface area contributed by atoms with Crippen LogP contribution in [-0.2, 0) is 15.6 Å². The molecule has 0 bridgehead atoms. The van der Waals surface area contributed by atoms with Crippen molar-refractivity contribution in [2.24, 2.45) is 0 Å². The number of hydrogen-bond acceptors (Lipinski definition) is 2. The predicted octanol–water partition coefficient (Wildman–Crippen LogP) is 8.70. The molecule has 0 saturated heterocycles. The first-order chi connectivity index (χ1) is 15.7. The number of benzene rings is 1. The number of carbonyl (C=O) groups is 1. The Labute approximate surface area is 203 Å². The standard InChI is InChI=1S/C23H25FO2S.C4H10.C2H6/c1-6-18(25)14-22-16(4)21(20(7-2)23(22)12-15(3)24)13-17-8-10-19(11-9-17)27(5)26;1-3-4-2;1-2/h7-13H,2,6,14H2,1,3-5H3;3-4H2,1-2H3;1-2H3/b15-12+,21-13+;;. The van der Waals surface area contributed by atoms with Crippen molar-refractivity contribution in [3.8, 4) is 0 Å². The Morgan fingerprint density at radius 3 is 2.00 bits per heavy atom. The summed E-state index contributed by atoms with van der Waals surface area (Å²) in [7, 11) is -1.03. The van der Waals surface area contributed by atoms with Crippen molar-refractivity contribution in [3.05, 3.63) is 82.3 Å². The Morgan fingerprint density at radius 2 is 1.61 bits per heavy atom. The van der Waals surface area contributed by atoms with Crippen LogP contribution in [0.15, 0.2) is 81.6 Å². The van der Waals surface area contributed by atoms with Crippen LogP contribution < -0.4 is 0 Å². The molecule has 182 valence electrons. The molecule has 0 aliphatic heterocycles. The summed E-state index contributed by atoms with van der Waals surface area (Å²) in [5.41, 5.74) is 5.24. The van der Waals surface area contributed by atoms with E-state index in [2.05, 4.69) is 20.4 Å². The molecule has 1 aliphatic carbocycles. The summed E-state index contributed by atoms with van der Waals surface area (Å²) in [5.74, 6) is -0.194. The van der Waals surface area contributed by atoms with E-state index in [4.69, 9.17) is 0 Å². The molecule has 1 aliphatic rings. The molecule has 0 fully saturated rings. The Hall–Kier alpha value is -2.33. The normalized spacial score (nSPS) is 15.5. The van der Waals surface area contributed by atoms with Crippen LogP contribution in [0.3, 0.4) is 0 Å². The Balaban J connectivity index is 0.00000154. The van der Waals surface area contributed by atoms with Crippen LogP contribution in [0.25, 0.3) is 6.08 Å². The quantitative estimate of drug-likeness (QED) is 0.379. The van der Waals surface area contributed by atoms with Gasteiger partial charge in [-0.25, -0.2) is 4.39 Å². The average molecular weight is 473 g/mol. The van der Waals surface area contributed by atoms with Gasteiger partial charge in [0.2, 0.25) is 0 Å². The van der Waals surface area contributed by atoms with Crippen LogP contribution in [-0.4, -0.2) is 16.2 Å². The Bertz CT molecular complexity index is 938. The minimum atomic E-state index is -1.03. The zero-order chi connectivity index (χ0) is 25.6. The van der Waals surface area contributed by atoms with Crippen molar-refractivity contribution in [1.82, 2.24) is 0 Å². The smallest absolute Gasteiger partial charge is 0.137 e. The summed E-state index contributed by atoms with van der Waals surface area (Å²) in [6.45, 7) is 17.4. The van der Waals surface area contributed by atoms with Gasteiger partial charge in [0.15, 0.2) is 0 Å². The van der Waals surface area contributed by atoms with E-state index in [9.17, 15) is 13.4 Å². The number of carbonyl (C=O) groups excluding carboxylic acids is 1. The molecule has 0 heterocycles. The highest BCUT2D eigenvalue weighted by Crippen LogP contribution is 2.41. The van der Waals surface area contributed by atoms with Crippen LogP contribution >= 0.6 is 0 Å². The minimum Gasteiger partial charge on any atom is -0.299 e. The van der Waals surface area contributed by atoms with Crippen molar-refractivity contribution in [2.45, 2.75) is 79.0 Å². The van der Waals surface area contributed by atoms with Gasteiger partial charge in [-0.3, -0.25) is 9.00 Å². The second kappa shape index (κ2) is 16.3. The first kappa shape index (κ1) is 30.7. The molecule has 1 aromatic rings. The third kappa shape index (κ3) is 9.59. The second-order valence-corrected chi connectivity index (χ2v) is 8.90. The highest BCUT2D eigenvalue weighted by atomic mass is 32.2.